The molecule has 2 aromatic rings. The van der Waals surface area contributed by atoms with Crippen LogP contribution in [0.2, 0.25) is 0 Å². The van der Waals surface area contributed by atoms with Gasteiger partial charge in [-0.15, -0.1) is 11.8 Å². The summed E-state index contributed by atoms with van der Waals surface area (Å²) in [5.41, 5.74) is 1.25. The van der Waals surface area contributed by atoms with Crippen LogP contribution >= 0.6 is 11.8 Å². The maximum absolute atomic E-state index is 4.39. The fraction of sp³-hybridized carbons (Fsp3) is 0.400. The van der Waals surface area contributed by atoms with E-state index in [1.54, 1.807) is 0 Å². The summed E-state index contributed by atoms with van der Waals surface area (Å²) in [5, 5.41) is 7.82. The Morgan fingerprint density at radius 2 is 2.00 bits per heavy atom. The number of hydrogen-bond donors (Lipinski definition) is 1. The molecule has 0 aliphatic rings. The highest BCUT2D eigenvalue weighted by molar-refractivity contribution is 7.99. The molecular weight excluding hydrogens is 254 g/mol. The van der Waals surface area contributed by atoms with E-state index in [-0.39, 0.29) is 0 Å². The van der Waals surface area contributed by atoms with Gasteiger partial charge in [0, 0.05) is 29.4 Å². The largest absolute Gasteiger partial charge is 0.309 e. The number of benzene rings is 1. The van der Waals surface area contributed by atoms with Gasteiger partial charge in [0.1, 0.15) is 0 Å². The second-order valence-corrected chi connectivity index (χ2v) is 5.91. The van der Waals surface area contributed by atoms with E-state index in [0.29, 0.717) is 6.04 Å². The summed E-state index contributed by atoms with van der Waals surface area (Å²) in [4.78, 5) is 1.32. The molecule has 0 atom stereocenters. The van der Waals surface area contributed by atoms with Gasteiger partial charge >= 0.3 is 0 Å². The number of thioether (sulfide) groups is 1. The van der Waals surface area contributed by atoms with Gasteiger partial charge in [0.25, 0.3) is 0 Å². The summed E-state index contributed by atoms with van der Waals surface area (Å²) < 4.78 is 2.09. The number of rotatable bonds is 7. The van der Waals surface area contributed by atoms with Crippen molar-refractivity contribution in [3.05, 3.63) is 48.3 Å². The van der Waals surface area contributed by atoms with Crippen molar-refractivity contribution < 1.29 is 0 Å². The molecule has 0 unspecified atom stereocenters. The Labute approximate surface area is 119 Å². The van der Waals surface area contributed by atoms with Crippen molar-refractivity contribution in [1.82, 2.24) is 15.1 Å². The molecule has 0 aliphatic carbocycles. The van der Waals surface area contributed by atoms with Gasteiger partial charge < -0.3 is 5.32 Å². The minimum atomic E-state index is 0.502. The minimum Gasteiger partial charge on any atom is -0.309 e. The van der Waals surface area contributed by atoms with E-state index in [9.17, 15) is 0 Å². The summed E-state index contributed by atoms with van der Waals surface area (Å²) >= 11 is 1.87. The normalized spacial score (nSPS) is 11.1. The number of hydrogen-bond acceptors (Lipinski definition) is 3. The minimum absolute atomic E-state index is 0.502. The lowest BCUT2D eigenvalue weighted by Gasteiger charge is -2.10. The molecule has 1 aromatic carbocycles. The SMILES string of the molecule is CC(C)NCc1ccnn1CCSc1ccccc1. The number of aromatic nitrogens is 2. The number of nitrogens with zero attached hydrogens (tertiary/aromatic N) is 2. The van der Waals surface area contributed by atoms with Crippen LogP contribution in [0.1, 0.15) is 19.5 Å². The van der Waals surface area contributed by atoms with Crippen LogP contribution < -0.4 is 5.32 Å². The lowest BCUT2D eigenvalue weighted by atomic mass is 10.3. The average Bonchev–Trinajstić information content (AvgIpc) is 2.85. The highest BCUT2D eigenvalue weighted by Crippen LogP contribution is 2.17. The standard InChI is InChI=1S/C15H21N3S/c1-13(2)16-12-14-8-9-17-18(14)10-11-19-15-6-4-3-5-7-15/h3-9,13,16H,10-12H2,1-2H3. The van der Waals surface area contributed by atoms with E-state index < -0.39 is 0 Å². The Morgan fingerprint density at radius 3 is 2.74 bits per heavy atom. The van der Waals surface area contributed by atoms with E-state index in [2.05, 4.69) is 59.3 Å². The van der Waals surface area contributed by atoms with Crippen LogP contribution in [0.4, 0.5) is 0 Å². The molecule has 0 aliphatic heterocycles. The molecule has 1 N–H and O–H groups in total. The van der Waals surface area contributed by atoms with Crippen LogP contribution in [0.25, 0.3) is 0 Å². The Hall–Kier alpha value is -1.26. The van der Waals surface area contributed by atoms with Gasteiger partial charge in [-0.1, -0.05) is 32.0 Å². The molecule has 0 amide bonds. The Balaban J connectivity index is 1.81. The predicted molar refractivity (Wildman–Crippen MR) is 81.4 cm³/mol. The fourth-order valence-corrected chi connectivity index (χ4v) is 2.64. The molecule has 0 radical (unpaired) electrons. The fourth-order valence-electron chi connectivity index (χ4n) is 1.79. The zero-order chi connectivity index (χ0) is 13.5. The lowest BCUT2D eigenvalue weighted by Crippen LogP contribution is -2.24. The topological polar surface area (TPSA) is 29.9 Å². The van der Waals surface area contributed by atoms with Gasteiger partial charge in [-0.3, -0.25) is 4.68 Å². The summed E-state index contributed by atoms with van der Waals surface area (Å²) in [6.07, 6.45) is 1.88. The predicted octanol–water partition coefficient (Wildman–Crippen LogP) is 3.17. The second kappa shape index (κ2) is 7.36. The Bertz CT molecular complexity index is 479. The molecular formula is C15H21N3S. The van der Waals surface area contributed by atoms with Crippen molar-refractivity contribution in [2.45, 2.75) is 37.9 Å². The van der Waals surface area contributed by atoms with E-state index in [0.717, 1.165) is 18.8 Å². The van der Waals surface area contributed by atoms with Crippen LogP contribution in [0.5, 0.6) is 0 Å². The first-order chi connectivity index (χ1) is 9.25. The Kier molecular flexibility index (Phi) is 5.48. The third-order valence-electron chi connectivity index (χ3n) is 2.81. The molecule has 0 spiro atoms. The lowest BCUT2D eigenvalue weighted by molar-refractivity contribution is 0.542. The van der Waals surface area contributed by atoms with Crippen LogP contribution in [0, 0.1) is 0 Å². The van der Waals surface area contributed by atoms with Gasteiger partial charge in [0.05, 0.1) is 12.2 Å². The smallest absolute Gasteiger partial charge is 0.0522 e. The molecule has 0 bridgehead atoms. The van der Waals surface area contributed by atoms with Crippen molar-refractivity contribution in [2.24, 2.45) is 0 Å². The van der Waals surface area contributed by atoms with Crippen molar-refractivity contribution in [3.8, 4) is 0 Å². The molecule has 1 heterocycles. The number of aryl methyl sites for hydroxylation is 1. The van der Waals surface area contributed by atoms with Crippen LogP contribution in [0.3, 0.4) is 0 Å². The first-order valence-corrected chi connectivity index (χ1v) is 7.66. The maximum atomic E-state index is 4.39. The third-order valence-corrected chi connectivity index (χ3v) is 3.80. The zero-order valence-corrected chi connectivity index (χ0v) is 12.4. The van der Waals surface area contributed by atoms with Crippen LogP contribution in [-0.4, -0.2) is 21.6 Å². The van der Waals surface area contributed by atoms with Crippen LogP contribution in [0.15, 0.2) is 47.5 Å². The van der Waals surface area contributed by atoms with Crippen LogP contribution in [-0.2, 0) is 13.1 Å². The summed E-state index contributed by atoms with van der Waals surface area (Å²) in [5.74, 6) is 1.04. The molecule has 0 saturated carbocycles. The zero-order valence-electron chi connectivity index (χ0n) is 11.5. The quantitative estimate of drug-likeness (QED) is 0.787. The second-order valence-electron chi connectivity index (χ2n) is 4.74. The molecule has 4 heteroatoms. The summed E-state index contributed by atoms with van der Waals surface area (Å²) in [6.45, 7) is 6.15. The number of nitrogens with one attached hydrogen (secondary N) is 1. The maximum Gasteiger partial charge on any atom is 0.0522 e. The first kappa shape index (κ1) is 14.2. The Morgan fingerprint density at radius 1 is 1.21 bits per heavy atom. The summed E-state index contributed by atoms with van der Waals surface area (Å²) in [6, 6.07) is 13.1. The highest BCUT2D eigenvalue weighted by atomic mass is 32.2. The van der Waals surface area contributed by atoms with Crippen molar-refractivity contribution in [1.29, 1.82) is 0 Å². The third kappa shape index (κ3) is 4.73. The van der Waals surface area contributed by atoms with Gasteiger partial charge in [-0.05, 0) is 18.2 Å². The first-order valence-electron chi connectivity index (χ1n) is 6.67. The van der Waals surface area contributed by atoms with E-state index >= 15 is 0 Å². The molecule has 0 saturated heterocycles. The molecule has 1 aromatic heterocycles. The van der Waals surface area contributed by atoms with Gasteiger partial charge in [0.15, 0.2) is 0 Å². The van der Waals surface area contributed by atoms with Crippen molar-refractivity contribution in [3.63, 3.8) is 0 Å². The molecule has 2 rings (SSSR count). The molecule has 102 valence electrons. The highest BCUT2D eigenvalue weighted by Gasteiger charge is 2.03. The van der Waals surface area contributed by atoms with Gasteiger partial charge in [-0.2, -0.15) is 5.10 Å². The van der Waals surface area contributed by atoms with Gasteiger partial charge in [-0.25, -0.2) is 0 Å². The monoisotopic (exact) mass is 275 g/mol. The molecule has 3 nitrogen and oxygen atoms in total. The van der Waals surface area contributed by atoms with E-state index in [1.165, 1.54) is 10.6 Å². The average molecular weight is 275 g/mol. The summed E-state index contributed by atoms with van der Waals surface area (Å²) in [7, 11) is 0. The van der Waals surface area contributed by atoms with E-state index in [4.69, 9.17) is 0 Å². The van der Waals surface area contributed by atoms with Crippen molar-refractivity contribution in [2.75, 3.05) is 5.75 Å². The van der Waals surface area contributed by atoms with Crippen molar-refractivity contribution >= 4 is 11.8 Å². The molecule has 19 heavy (non-hydrogen) atoms. The van der Waals surface area contributed by atoms with E-state index in [1.807, 2.05) is 24.0 Å². The molecule has 0 fully saturated rings. The van der Waals surface area contributed by atoms with Gasteiger partial charge in [0.2, 0.25) is 0 Å².